The number of ether oxygens (including phenoxy) is 1. The SMILES string of the molecule is CC1(C(=O)O)COCC1NC(=O)Nc1ccc(I)cc1Cl. The van der Waals surface area contributed by atoms with Gasteiger partial charge in [0, 0.05) is 3.57 Å². The van der Waals surface area contributed by atoms with Crippen LogP contribution < -0.4 is 10.6 Å². The maximum atomic E-state index is 12.0. The summed E-state index contributed by atoms with van der Waals surface area (Å²) in [6, 6.07) is 4.10. The molecule has 114 valence electrons. The summed E-state index contributed by atoms with van der Waals surface area (Å²) < 4.78 is 6.12. The van der Waals surface area contributed by atoms with E-state index in [1.807, 2.05) is 6.07 Å². The molecule has 2 rings (SSSR count). The number of carbonyl (C=O) groups is 2. The van der Waals surface area contributed by atoms with Crippen LogP contribution in [0.5, 0.6) is 0 Å². The number of carbonyl (C=O) groups excluding carboxylic acids is 1. The van der Waals surface area contributed by atoms with Crippen LogP contribution in [-0.2, 0) is 9.53 Å². The zero-order valence-electron chi connectivity index (χ0n) is 11.2. The van der Waals surface area contributed by atoms with Crippen LogP contribution in [-0.4, -0.2) is 36.4 Å². The van der Waals surface area contributed by atoms with E-state index in [2.05, 4.69) is 33.2 Å². The number of amides is 2. The van der Waals surface area contributed by atoms with Crippen LogP contribution in [0, 0.1) is 8.99 Å². The van der Waals surface area contributed by atoms with Crippen molar-refractivity contribution in [3.63, 3.8) is 0 Å². The van der Waals surface area contributed by atoms with Crippen molar-refractivity contribution in [2.45, 2.75) is 13.0 Å². The highest BCUT2D eigenvalue weighted by Gasteiger charge is 2.47. The molecule has 1 aliphatic rings. The lowest BCUT2D eigenvalue weighted by molar-refractivity contribution is -0.148. The average molecular weight is 425 g/mol. The lowest BCUT2D eigenvalue weighted by Crippen LogP contribution is -2.50. The van der Waals surface area contributed by atoms with E-state index in [1.165, 1.54) is 0 Å². The fraction of sp³-hybridized carbons (Fsp3) is 0.385. The van der Waals surface area contributed by atoms with Crippen molar-refractivity contribution in [3.05, 3.63) is 26.8 Å². The molecule has 3 N–H and O–H groups in total. The van der Waals surface area contributed by atoms with Gasteiger partial charge in [-0.3, -0.25) is 4.79 Å². The molecule has 1 fully saturated rings. The summed E-state index contributed by atoms with van der Waals surface area (Å²) in [6.07, 6.45) is 0. The molecule has 0 saturated carbocycles. The van der Waals surface area contributed by atoms with Gasteiger partial charge in [-0.05, 0) is 47.7 Å². The highest BCUT2D eigenvalue weighted by molar-refractivity contribution is 14.1. The third-order valence-corrected chi connectivity index (χ3v) is 4.41. The highest BCUT2D eigenvalue weighted by atomic mass is 127. The molecule has 0 bridgehead atoms. The van der Waals surface area contributed by atoms with E-state index in [1.54, 1.807) is 19.1 Å². The molecule has 1 aliphatic heterocycles. The average Bonchev–Trinajstić information content (AvgIpc) is 2.76. The molecule has 0 aliphatic carbocycles. The summed E-state index contributed by atoms with van der Waals surface area (Å²) in [5.74, 6) is -1.00. The Hall–Kier alpha value is -1.06. The van der Waals surface area contributed by atoms with E-state index < -0.39 is 23.5 Å². The minimum absolute atomic E-state index is 0.0670. The first-order chi connectivity index (χ1) is 9.83. The van der Waals surface area contributed by atoms with Crippen molar-refractivity contribution in [2.75, 3.05) is 18.5 Å². The molecule has 1 aromatic rings. The monoisotopic (exact) mass is 424 g/mol. The van der Waals surface area contributed by atoms with E-state index in [9.17, 15) is 14.7 Å². The quantitative estimate of drug-likeness (QED) is 0.651. The number of halogens is 2. The minimum atomic E-state index is -1.13. The Morgan fingerprint density at radius 2 is 2.24 bits per heavy atom. The molecule has 0 spiro atoms. The summed E-state index contributed by atoms with van der Waals surface area (Å²) in [6.45, 7) is 1.78. The summed E-state index contributed by atoms with van der Waals surface area (Å²) in [4.78, 5) is 23.3. The van der Waals surface area contributed by atoms with Crippen molar-refractivity contribution in [1.29, 1.82) is 0 Å². The number of carboxylic acid groups (broad SMARTS) is 1. The number of rotatable bonds is 3. The van der Waals surface area contributed by atoms with Gasteiger partial charge < -0.3 is 20.5 Å². The standard InChI is InChI=1S/C13H14ClIN2O4/c1-13(11(18)19)6-21-5-10(13)17-12(20)16-9-3-2-7(15)4-8(9)14/h2-4,10H,5-6H2,1H3,(H,18,19)(H2,16,17,20). The lowest BCUT2D eigenvalue weighted by atomic mass is 9.85. The molecule has 2 atom stereocenters. The third-order valence-electron chi connectivity index (χ3n) is 3.43. The fourth-order valence-corrected chi connectivity index (χ4v) is 2.90. The predicted octanol–water partition coefficient (Wildman–Crippen LogP) is 2.56. The molecule has 6 nitrogen and oxygen atoms in total. The topological polar surface area (TPSA) is 87.7 Å². The van der Waals surface area contributed by atoms with Crippen LogP contribution >= 0.6 is 34.2 Å². The van der Waals surface area contributed by atoms with E-state index in [0.717, 1.165) is 3.57 Å². The molecular formula is C13H14ClIN2O4. The molecule has 21 heavy (non-hydrogen) atoms. The van der Waals surface area contributed by atoms with Gasteiger partial charge in [0.2, 0.25) is 0 Å². The van der Waals surface area contributed by atoms with Gasteiger partial charge in [-0.1, -0.05) is 11.6 Å². The van der Waals surface area contributed by atoms with E-state index in [-0.39, 0.29) is 13.2 Å². The maximum absolute atomic E-state index is 12.0. The van der Waals surface area contributed by atoms with Gasteiger partial charge in [0.15, 0.2) is 0 Å². The molecule has 8 heteroatoms. The van der Waals surface area contributed by atoms with Crippen LogP contribution in [0.2, 0.25) is 5.02 Å². The molecule has 2 unspecified atom stereocenters. The van der Waals surface area contributed by atoms with Gasteiger partial charge in [0.1, 0.15) is 5.41 Å². The van der Waals surface area contributed by atoms with E-state index in [0.29, 0.717) is 10.7 Å². The van der Waals surface area contributed by atoms with E-state index in [4.69, 9.17) is 16.3 Å². The second-order valence-corrected chi connectivity index (χ2v) is 6.67. The number of benzene rings is 1. The van der Waals surface area contributed by atoms with Crippen molar-refractivity contribution in [2.24, 2.45) is 5.41 Å². The molecule has 2 amide bonds. The van der Waals surface area contributed by atoms with E-state index >= 15 is 0 Å². The number of hydrogen-bond acceptors (Lipinski definition) is 3. The largest absolute Gasteiger partial charge is 0.481 e. The molecular weight excluding hydrogens is 411 g/mol. The fourth-order valence-electron chi connectivity index (χ4n) is 1.99. The molecule has 1 saturated heterocycles. The second kappa shape index (κ2) is 6.37. The summed E-state index contributed by atoms with van der Waals surface area (Å²) in [5, 5.41) is 14.9. The van der Waals surface area contributed by atoms with Crippen LogP contribution in [0.1, 0.15) is 6.92 Å². The normalized spacial score (nSPS) is 24.6. The zero-order chi connectivity index (χ0) is 15.6. The highest BCUT2D eigenvalue weighted by Crippen LogP contribution is 2.29. The van der Waals surface area contributed by atoms with Crippen molar-refractivity contribution in [1.82, 2.24) is 5.32 Å². The number of urea groups is 1. The Morgan fingerprint density at radius 3 is 2.86 bits per heavy atom. The van der Waals surface area contributed by atoms with Crippen LogP contribution in [0.4, 0.5) is 10.5 Å². The van der Waals surface area contributed by atoms with Crippen LogP contribution in [0.3, 0.4) is 0 Å². The first-order valence-electron chi connectivity index (χ1n) is 6.16. The smallest absolute Gasteiger partial charge is 0.319 e. The molecule has 0 aromatic heterocycles. The van der Waals surface area contributed by atoms with Gasteiger partial charge in [0.25, 0.3) is 0 Å². The molecule has 1 heterocycles. The first-order valence-corrected chi connectivity index (χ1v) is 7.62. The van der Waals surface area contributed by atoms with Crippen LogP contribution in [0.15, 0.2) is 18.2 Å². The summed E-state index contributed by atoms with van der Waals surface area (Å²) in [7, 11) is 0. The number of anilines is 1. The van der Waals surface area contributed by atoms with Gasteiger partial charge in [-0.25, -0.2) is 4.79 Å². The Bertz CT molecular complexity index is 583. The predicted molar refractivity (Wildman–Crippen MR) is 86.7 cm³/mol. The number of hydrogen-bond donors (Lipinski definition) is 3. The molecule has 0 radical (unpaired) electrons. The van der Waals surface area contributed by atoms with Gasteiger partial charge in [0.05, 0.1) is 30.0 Å². The third kappa shape index (κ3) is 3.58. The Labute approximate surface area is 140 Å². The van der Waals surface area contributed by atoms with Crippen LogP contribution in [0.25, 0.3) is 0 Å². The molecule has 1 aromatic carbocycles. The van der Waals surface area contributed by atoms with Gasteiger partial charge in [-0.2, -0.15) is 0 Å². The Morgan fingerprint density at radius 1 is 1.52 bits per heavy atom. The summed E-state index contributed by atoms with van der Waals surface area (Å²) >= 11 is 8.14. The van der Waals surface area contributed by atoms with Gasteiger partial charge >= 0.3 is 12.0 Å². The lowest BCUT2D eigenvalue weighted by Gasteiger charge is -2.25. The van der Waals surface area contributed by atoms with Crippen molar-refractivity contribution >= 4 is 51.9 Å². The summed E-state index contributed by atoms with van der Waals surface area (Å²) in [5.41, 5.74) is -0.668. The Kier molecular flexibility index (Phi) is 4.95. The maximum Gasteiger partial charge on any atom is 0.319 e. The number of carboxylic acids is 1. The van der Waals surface area contributed by atoms with Gasteiger partial charge in [-0.15, -0.1) is 0 Å². The van der Waals surface area contributed by atoms with Crippen molar-refractivity contribution in [3.8, 4) is 0 Å². The minimum Gasteiger partial charge on any atom is -0.481 e. The van der Waals surface area contributed by atoms with Crippen molar-refractivity contribution < 1.29 is 19.4 Å². The number of aliphatic carboxylic acids is 1. The Balaban J connectivity index is 2.03. The number of nitrogens with one attached hydrogen (secondary N) is 2. The zero-order valence-corrected chi connectivity index (χ0v) is 14.1. The first kappa shape index (κ1) is 16.3. The second-order valence-electron chi connectivity index (χ2n) is 5.01.